The van der Waals surface area contributed by atoms with Crippen molar-refractivity contribution in [1.82, 2.24) is 0 Å². The van der Waals surface area contributed by atoms with E-state index in [1.165, 1.54) is 24.3 Å². The van der Waals surface area contributed by atoms with Crippen LogP contribution in [-0.4, -0.2) is 25.3 Å². The van der Waals surface area contributed by atoms with E-state index in [4.69, 9.17) is 20.1 Å². The maximum absolute atomic E-state index is 8.94. The molecule has 0 atom stereocenters. The average molecular weight is 432 g/mol. The van der Waals surface area contributed by atoms with Crippen LogP contribution in [0, 0.1) is 0 Å². The first-order valence-electron chi connectivity index (χ1n) is 7.28. The van der Waals surface area contributed by atoms with Gasteiger partial charge in [0, 0.05) is 3.92 Å². The summed E-state index contributed by atoms with van der Waals surface area (Å²) >= 11 is 2.34. The highest BCUT2D eigenvalue weighted by molar-refractivity contribution is 14.1. The molecule has 0 aliphatic rings. The van der Waals surface area contributed by atoms with Crippen LogP contribution in [0.1, 0.15) is 27.7 Å². The van der Waals surface area contributed by atoms with Gasteiger partial charge in [-0.15, -0.1) is 0 Å². The van der Waals surface area contributed by atoms with Gasteiger partial charge in [0.05, 0.1) is 6.10 Å². The Bertz CT molecular complexity index is 498. The van der Waals surface area contributed by atoms with Crippen molar-refractivity contribution in [3.63, 3.8) is 0 Å². The number of halogens is 1. The van der Waals surface area contributed by atoms with Gasteiger partial charge in [-0.2, -0.15) is 0 Å². The Kier molecular flexibility index (Phi) is 11.0. The SMILES string of the molecule is CC(C)I.CC(C)Oc1ccc(O)cc1.Oc1ccc(O)cc1. The van der Waals surface area contributed by atoms with Gasteiger partial charge in [-0.05, 0) is 62.4 Å². The van der Waals surface area contributed by atoms with Crippen LogP contribution in [0.5, 0.6) is 23.0 Å². The van der Waals surface area contributed by atoms with E-state index in [9.17, 15) is 0 Å². The number of benzene rings is 2. The minimum absolute atomic E-state index is 0.169. The van der Waals surface area contributed by atoms with E-state index in [2.05, 4.69) is 36.4 Å². The third-order valence-electron chi connectivity index (χ3n) is 2.06. The molecule has 0 fully saturated rings. The number of phenolic OH excluding ortho intramolecular Hbond substituents is 3. The van der Waals surface area contributed by atoms with E-state index in [0.717, 1.165) is 9.67 Å². The predicted octanol–water partition coefficient (Wildman–Crippen LogP) is 5.11. The summed E-state index contributed by atoms with van der Waals surface area (Å²) < 4.78 is 6.16. The monoisotopic (exact) mass is 432 g/mol. The van der Waals surface area contributed by atoms with Crippen molar-refractivity contribution in [3.8, 4) is 23.0 Å². The first-order chi connectivity index (χ1) is 10.7. The second-order valence-corrected chi connectivity index (χ2v) is 7.68. The van der Waals surface area contributed by atoms with Crippen molar-refractivity contribution >= 4 is 22.6 Å². The standard InChI is InChI=1S/C9H12O2.C6H6O2.C3H7I/c1-7(2)11-9-5-3-8(10)4-6-9;7-5-1-2-6(8)4-3-5;1-3(2)4/h3-7,10H,1-2H3;1-4,7-8H;3H,1-2H3. The topological polar surface area (TPSA) is 69.9 Å². The summed E-state index contributed by atoms with van der Waals surface area (Å²) in [5.41, 5.74) is 0. The Morgan fingerprint density at radius 1 is 0.696 bits per heavy atom. The molecule has 2 rings (SSSR count). The number of phenols is 3. The molecule has 0 aliphatic carbocycles. The fourth-order valence-electron chi connectivity index (χ4n) is 1.25. The van der Waals surface area contributed by atoms with Crippen LogP contribution in [0.3, 0.4) is 0 Å². The van der Waals surface area contributed by atoms with Crippen molar-refractivity contribution in [2.45, 2.75) is 37.7 Å². The molecule has 2 aromatic carbocycles. The van der Waals surface area contributed by atoms with E-state index >= 15 is 0 Å². The molecule has 0 unspecified atom stereocenters. The summed E-state index contributed by atoms with van der Waals surface area (Å²) in [5.74, 6) is 1.39. The number of aromatic hydroxyl groups is 3. The van der Waals surface area contributed by atoms with Crippen LogP contribution in [0.4, 0.5) is 0 Å². The lowest BCUT2D eigenvalue weighted by Gasteiger charge is -2.08. The van der Waals surface area contributed by atoms with Gasteiger partial charge >= 0.3 is 0 Å². The molecule has 128 valence electrons. The molecule has 2 aromatic rings. The third kappa shape index (κ3) is 13.7. The first-order valence-corrected chi connectivity index (χ1v) is 8.53. The van der Waals surface area contributed by atoms with Crippen molar-refractivity contribution < 1.29 is 20.1 Å². The fraction of sp³-hybridized carbons (Fsp3) is 0.333. The quantitative estimate of drug-likeness (QED) is 0.351. The number of hydrogen-bond donors (Lipinski definition) is 3. The third-order valence-corrected chi connectivity index (χ3v) is 2.06. The molecule has 0 saturated carbocycles. The fourth-order valence-corrected chi connectivity index (χ4v) is 1.25. The maximum Gasteiger partial charge on any atom is 0.119 e. The Balaban J connectivity index is 0.000000354. The van der Waals surface area contributed by atoms with Crippen LogP contribution >= 0.6 is 22.6 Å². The molecule has 0 spiro atoms. The molecule has 3 N–H and O–H groups in total. The molecule has 0 saturated heterocycles. The summed E-state index contributed by atoms with van der Waals surface area (Å²) in [4.78, 5) is 0. The normalized spacial score (nSPS) is 9.52. The zero-order chi connectivity index (χ0) is 17.8. The smallest absolute Gasteiger partial charge is 0.119 e. The summed E-state index contributed by atoms with van der Waals surface area (Å²) in [6, 6.07) is 12.4. The molecule has 0 aromatic heterocycles. The molecule has 23 heavy (non-hydrogen) atoms. The van der Waals surface area contributed by atoms with Crippen molar-refractivity contribution in [3.05, 3.63) is 48.5 Å². The van der Waals surface area contributed by atoms with E-state index in [1.54, 1.807) is 24.3 Å². The average Bonchev–Trinajstić information content (AvgIpc) is 2.44. The lowest BCUT2D eigenvalue weighted by atomic mass is 10.3. The van der Waals surface area contributed by atoms with Crippen LogP contribution < -0.4 is 4.74 Å². The van der Waals surface area contributed by atoms with Gasteiger partial charge < -0.3 is 20.1 Å². The molecule has 0 amide bonds. The summed E-state index contributed by atoms with van der Waals surface area (Å²) in [7, 11) is 0. The van der Waals surface area contributed by atoms with Crippen LogP contribution in [0.2, 0.25) is 0 Å². The highest BCUT2D eigenvalue weighted by Crippen LogP contribution is 2.16. The van der Waals surface area contributed by atoms with Crippen LogP contribution in [0.25, 0.3) is 0 Å². The largest absolute Gasteiger partial charge is 0.508 e. The molecule has 0 radical (unpaired) electrons. The number of rotatable bonds is 2. The van der Waals surface area contributed by atoms with Gasteiger partial charge in [0.25, 0.3) is 0 Å². The molecule has 5 heteroatoms. The maximum atomic E-state index is 8.94. The summed E-state index contributed by atoms with van der Waals surface area (Å²) in [6.07, 6.45) is 0.180. The minimum Gasteiger partial charge on any atom is -0.508 e. The zero-order valence-electron chi connectivity index (χ0n) is 13.9. The van der Waals surface area contributed by atoms with Gasteiger partial charge in [0.15, 0.2) is 0 Å². The summed E-state index contributed by atoms with van der Waals surface area (Å²) in [6.45, 7) is 8.24. The number of ether oxygens (including phenoxy) is 1. The second-order valence-electron chi connectivity index (χ2n) is 5.19. The highest BCUT2D eigenvalue weighted by atomic mass is 127. The van der Waals surface area contributed by atoms with Crippen molar-refractivity contribution in [1.29, 1.82) is 0 Å². The number of hydrogen-bond acceptors (Lipinski definition) is 4. The minimum atomic E-state index is 0.169. The lowest BCUT2D eigenvalue weighted by molar-refractivity contribution is 0.242. The molecule has 0 aliphatic heterocycles. The second kappa shape index (κ2) is 11.9. The van der Waals surface area contributed by atoms with E-state index in [-0.39, 0.29) is 23.4 Å². The number of alkyl halides is 1. The van der Waals surface area contributed by atoms with Gasteiger partial charge in [0.1, 0.15) is 23.0 Å². The Morgan fingerprint density at radius 3 is 1.22 bits per heavy atom. The Morgan fingerprint density at radius 2 is 0.957 bits per heavy atom. The zero-order valence-corrected chi connectivity index (χ0v) is 16.1. The van der Waals surface area contributed by atoms with Crippen LogP contribution in [0.15, 0.2) is 48.5 Å². The molecular formula is C18H25IO4. The Hall–Kier alpha value is -1.63. The van der Waals surface area contributed by atoms with Crippen molar-refractivity contribution in [2.24, 2.45) is 0 Å². The molecular weight excluding hydrogens is 407 g/mol. The van der Waals surface area contributed by atoms with Gasteiger partial charge in [-0.1, -0.05) is 36.4 Å². The predicted molar refractivity (Wildman–Crippen MR) is 103 cm³/mol. The van der Waals surface area contributed by atoms with Gasteiger partial charge in [0.2, 0.25) is 0 Å². The van der Waals surface area contributed by atoms with E-state index in [0.29, 0.717) is 0 Å². The van der Waals surface area contributed by atoms with E-state index < -0.39 is 0 Å². The summed E-state index contributed by atoms with van der Waals surface area (Å²) in [5, 5.41) is 26.2. The molecule has 4 nitrogen and oxygen atoms in total. The Labute approximate surface area is 151 Å². The molecule has 0 heterocycles. The van der Waals surface area contributed by atoms with E-state index in [1.807, 2.05) is 13.8 Å². The van der Waals surface area contributed by atoms with Gasteiger partial charge in [-0.25, -0.2) is 0 Å². The van der Waals surface area contributed by atoms with Gasteiger partial charge in [-0.3, -0.25) is 0 Å². The first kappa shape index (κ1) is 21.4. The van der Waals surface area contributed by atoms with Crippen molar-refractivity contribution in [2.75, 3.05) is 0 Å². The molecule has 0 bridgehead atoms. The lowest BCUT2D eigenvalue weighted by Crippen LogP contribution is -2.04. The highest BCUT2D eigenvalue weighted by Gasteiger charge is 1.95. The van der Waals surface area contributed by atoms with Crippen LogP contribution in [-0.2, 0) is 0 Å².